The van der Waals surface area contributed by atoms with Crippen LogP contribution in [0.1, 0.15) is 56.3 Å². The van der Waals surface area contributed by atoms with Crippen LogP contribution in [0, 0.1) is 17.3 Å². The van der Waals surface area contributed by atoms with Crippen LogP contribution in [0.2, 0.25) is 0 Å². The van der Waals surface area contributed by atoms with E-state index in [1.54, 1.807) is 33.8 Å². The van der Waals surface area contributed by atoms with Crippen molar-refractivity contribution in [3.63, 3.8) is 0 Å². The fraction of sp³-hybridized carbons (Fsp3) is 0.462. The van der Waals surface area contributed by atoms with Gasteiger partial charge in [-0.05, 0) is 39.8 Å². The van der Waals surface area contributed by atoms with Crippen molar-refractivity contribution in [3.8, 4) is 11.8 Å². The Balaban J connectivity index is 2.04. The van der Waals surface area contributed by atoms with E-state index in [1.807, 2.05) is 0 Å². The number of carbonyl (C=O) groups excluding carboxylic acids is 2. The first-order chi connectivity index (χ1) is 17.8. The molecule has 2 aromatic rings. The van der Waals surface area contributed by atoms with Gasteiger partial charge >= 0.3 is 17.8 Å². The summed E-state index contributed by atoms with van der Waals surface area (Å²) in [4.78, 5) is 51.1. The summed E-state index contributed by atoms with van der Waals surface area (Å²) < 4.78 is 58.6. The van der Waals surface area contributed by atoms with Crippen LogP contribution in [-0.4, -0.2) is 46.4 Å². The van der Waals surface area contributed by atoms with Crippen LogP contribution in [0.5, 0.6) is 0 Å². The van der Waals surface area contributed by atoms with E-state index in [1.165, 1.54) is 24.3 Å². The van der Waals surface area contributed by atoms with E-state index < -0.39 is 58.7 Å². The molecule has 3 atom stereocenters. The first-order valence-corrected chi connectivity index (χ1v) is 11.6. The number of hydrogen-bond acceptors (Lipinski definition) is 7. The van der Waals surface area contributed by atoms with Gasteiger partial charge in [-0.1, -0.05) is 24.1 Å². The van der Waals surface area contributed by atoms with Gasteiger partial charge in [0.15, 0.2) is 0 Å². The first-order valence-electron chi connectivity index (χ1n) is 11.6. The highest BCUT2D eigenvalue weighted by molar-refractivity contribution is 5.95. The summed E-state index contributed by atoms with van der Waals surface area (Å²) in [5.74, 6) is 3.56. The molecule has 0 saturated carbocycles. The van der Waals surface area contributed by atoms with Crippen LogP contribution in [-0.2, 0) is 25.2 Å². The number of nitrogens with zero attached hydrogens (tertiary/aromatic N) is 2. The van der Waals surface area contributed by atoms with E-state index in [-0.39, 0.29) is 29.8 Å². The van der Waals surface area contributed by atoms with Gasteiger partial charge in [-0.15, -0.1) is 5.92 Å². The van der Waals surface area contributed by atoms with Gasteiger partial charge in [-0.3, -0.25) is 19.0 Å². The van der Waals surface area contributed by atoms with Crippen LogP contribution in [0.4, 0.5) is 13.2 Å². The zero-order valence-corrected chi connectivity index (χ0v) is 21.2. The molecule has 1 aliphatic heterocycles. The van der Waals surface area contributed by atoms with Gasteiger partial charge < -0.3 is 14.2 Å². The molecule has 204 valence electrons. The Morgan fingerprint density at radius 3 is 2.37 bits per heavy atom. The fourth-order valence-electron chi connectivity index (χ4n) is 3.65. The van der Waals surface area contributed by atoms with Gasteiger partial charge in [0.25, 0.3) is 11.5 Å². The largest absolute Gasteiger partial charge is 0.462 e. The highest BCUT2D eigenvalue weighted by atomic mass is 19.4. The lowest BCUT2D eigenvalue weighted by Crippen LogP contribution is -2.47. The van der Waals surface area contributed by atoms with Gasteiger partial charge in [-0.25, -0.2) is 4.79 Å². The molecule has 9 nitrogen and oxygen atoms in total. The third kappa shape index (κ3) is 6.41. The summed E-state index contributed by atoms with van der Waals surface area (Å²) in [7, 11) is 0. The van der Waals surface area contributed by atoms with Gasteiger partial charge in [-0.2, -0.15) is 17.7 Å². The maximum Gasteiger partial charge on any atom is 0.423 e. The second-order valence-corrected chi connectivity index (χ2v) is 9.53. The molecule has 0 unspecified atom stereocenters. The van der Waals surface area contributed by atoms with E-state index in [2.05, 4.69) is 11.8 Å². The Hall–Kier alpha value is -3.69. The standard InChI is InChI=1S/C26H27F3N2O7/c1-5-6-12-36-18-13-20(38-19(18)15-37-23(34)25(2,3)4)30-14-17(26(27,28)29)22(33)31(24(30)35)21(32)16-10-8-7-9-11-16/h7-11,14,18-20H,12-13,15H2,1-4H3/t18-,19+,20+/m0/s1. The van der Waals surface area contributed by atoms with Crippen LogP contribution in [0.25, 0.3) is 0 Å². The second kappa shape index (κ2) is 11.4. The molecule has 0 amide bonds. The van der Waals surface area contributed by atoms with Crippen molar-refractivity contribution < 1.29 is 37.0 Å². The van der Waals surface area contributed by atoms with Gasteiger partial charge in [0.05, 0.1) is 11.5 Å². The van der Waals surface area contributed by atoms with Crippen LogP contribution in [0.3, 0.4) is 0 Å². The summed E-state index contributed by atoms with van der Waals surface area (Å²) in [6.45, 7) is 6.16. The maximum atomic E-state index is 13.8. The van der Waals surface area contributed by atoms with E-state index in [4.69, 9.17) is 14.2 Å². The number of rotatable bonds is 6. The minimum absolute atomic E-state index is 0.0460. The third-order valence-corrected chi connectivity index (χ3v) is 5.67. The van der Waals surface area contributed by atoms with Crippen molar-refractivity contribution in [1.29, 1.82) is 0 Å². The molecule has 12 heteroatoms. The number of halogens is 3. The molecule has 1 aliphatic rings. The van der Waals surface area contributed by atoms with E-state index >= 15 is 0 Å². The third-order valence-electron chi connectivity index (χ3n) is 5.67. The number of hydrogen-bond donors (Lipinski definition) is 0. The molecule has 0 aliphatic carbocycles. The van der Waals surface area contributed by atoms with Crippen LogP contribution >= 0.6 is 0 Å². The zero-order valence-electron chi connectivity index (χ0n) is 21.2. The van der Waals surface area contributed by atoms with Crippen molar-refractivity contribution in [3.05, 3.63) is 68.5 Å². The lowest BCUT2D eigenvalue weighted by molar-refractivity contribution is -0.160. The average molecular weight is 537 g/mol. The van der Waals surface area contributed by atoms with Crippen molar-refractivity contribution in [2.45, 2.75) is 58.7 Å². The minimum atomic E-state index is -5.17. The van der Waals surface area contributed by atoms with Gasteiger partial charge in [0.2, 0.25) is 0 Å². The fourth-order valence-corrected chi connectivity index (χ4v) is 3.65. The van der Waals surface area contributed by atoms with Crippen molar-refractivity contribution in [1.82, 2.24) is 9.13 Å². The van der Waals surface area contributed by atoms with Crippen molar-refractivity contribution >= 4 is 11.9 Å². The highest BCUT2D eigenvalue weighted by Crippen LogP contribution is 2.32. The van der Waals surface area contributed by atoms with Crippen LogP contribution in [0.15, 0.2) is 46.1 Å². The smallest absolute Gasteiger partial charge is 0.423 e. The predicted octanol–water partition coefficient (Wildman–Crippen LogP) is 3.00. The zero-order chi connectivity index (χ0) is 28.3. The number of carbonyl (C=O) groups is 2. The summed E-state index contributed by atoms with van der Waals surface area (Å²) in [5, 5.41) is 0. The molecular weight excluding hydrogens is 509 g/mol. The lowest BCUT2D eigenvalue weighted by atomic mass is 9.97. The van der Waals surface area contributed by atoms with E-state index in [0.717, 1.165) is 0 Å². The Morgan fingerprint density at radius 2 is 1.79 bits per heavy atom. The predicted molar refractivity (Wildman–Crippen MR) is 128 cm³/mol. The van der Waals surface area contributed by atoms with E-state index in [0.29, 0.717) is 10.8 Å². The van der Waals surface area contributed by atoms with Crippen LogP contribution < -0.4 is 11.2 Å². The summed E-state index contributed by atoms with van der Waals surface area (Å²) >= 11 is 0. The lowest BCUT2D eigenvalue weighted by Gasteiger charge is -2.22. The van der Waals surface area contributed by atoms with E-state index in [9.17, 15) is 32.3 Å². The van der Waals surface area contributed by atoms with Gasteiger partial charge in [0.1, 0.15) is 31.1 Å². The molecule has 1 fully saturated rings. The minimum Gasteiger partial charge on any atom is -0.462 e. The molecule has 0 N–H and O–H groups in total. The SMILES string of the molecule is CC#CCO[C@H]1C[C@H](n2cc(C(F)(F)F)c(=O)n(C(=O)c3ccccc3)c2=O)O[C@@H]1COC(=O)C(C)(C)C. The quantitative estimate of drug-likeness (QED) is 0.413. The Kier molecular flexibility index (Phi) is 8.64. The maximum absolute atomic E-state index is 13.8. The molecule has 1 aromatic heterocycles. The molecule has 3 rings (SSSR count). The highest BCUT2D eigenvalue weighted by Gasteiger charge is 2.42. The summed E-state index contributed by atoms with van der Waals surface area (Å²) in [6.07, 6.45) is -8.12. The van der Waals surface area contributed by atoms with Crippen molar-refractivity contribution in [2.75, 3.05) is 13.2 Å². The number of benzene rings is 1. The Bertz CT molecular complexity index is 1360. The molecule has 0 bridgehead atoms. The normalized spacial score (nSPS) is 19.5. The Labute approximate surface area is 216 Å². The molecule has 2 heterocycles. The Morgan fingerprint density at radius 1 is 1.13 bits per heavy atom. The van der Waals surface area contributed by atoms with Crippen molar-refractivity contribution in [2.24, 2.45) is 5.41 Å². The first kappa shape index (κ1) is 28.9. The summed E-state index contributed by atoms with van der Waals surface area (Å²) in [5.41, 5.74) is -5.82. The molecule has 1 aromatic carbocycles. The molecular formula is C26H27F3N2O7. The number of ether oxygens (including phenoxy) is 3. The number of alkyl halides is 3. The monoisotopic (exact) mass is 536 g/mol. The summed E-state index contributed by atoms with van der Waals surface area (Å²) in [6, 6.07) is 6.97. The number of esters is 1. The topological polar surface area (TPSA) is 106 Å². The number of aromatic nitrogens is 2. The molecule has 0 spiro atoms. The van der Waals surface area contributed by atoms with Gasteiger partial charge in [0, 0.05) is 18.2 Å². The molecule has 1 saturated heterocycles. The second-order valence-electron chi connectivity index (χ2n) is 9.53. The average Bonchev–Trinajstić information content (AvgIpc) is 3.24. The molecule has 0 radical (unpaired) electrons. The molecule has 38 heavy (non-hydrogen) atoms.